The minimum Gasteiger partial charge on any atom is -0.354 e. The van der Waals surface area contributed by atoms with E-state index in [1.165, 1.54) is 0 Å². The van der Waals surface area contributed by atoms with E-state index in [4.69, 9.17) is 0 Å². The van der Waals surface area contributed by atoms with Gasteiger partial charge in [0.1, 0.15) is 5.82 Å². The predicted octanol–water partition coefficient (Wildman–Crippen LogP) is 1.30. The average molecular weight is 208 g/mol. The van der Waals surface area contributed by atoms with Crippen molar-refractivity contribution in [3.8, 4) is 0 Å². The fraction of sp³-hybridized carbons (Fsp3) is 0.545. The van der Waals surface area contributed by atoms with Crippen LogP contribution in [0, 0.1) is 6.92 Å². The van der Waals surface area contributed by atoms with Crippen molar-refractivity contribution in [2.24, 2.45) is 0 Å². The van der Waals surface area contributed by atoms with Crippen molar-refractivity contribution in [3.05, 3.63) is 23.9 Å². The van der Waals surface area contributed by atoms with E-state index in [0.717, 1.165) is 37.7 Å². The van der Waals surface area contributed by atoms with E-state index in [2.05, 4.69) is 34.0 Å². The first kappa shape index (κ1) is 11.9. The van der Waals surface area contributed by atoms with E-state index >= 15 is 0 Å². The van der Waals surface area contributed by atoms with Crippen molar-refractivity contribution in [2.75, 3.05) is 38.1 Å². The van der Waals surface area contributed by atoms with Gasteiger partial charge in [0.15, 0.2) is 0 Å². The monoisotopic (exact) mass is 208 g/mol. The molecular formula is C11H20N4. The second-order valence-corrected chi connectivity index (χ2v) is 3.93. The second kappa shape index (κ2) is 5.09. The second-order valence-electron chi connectivity index (χ2n) is 3.93. The summed E-state index contributed by atoms with van der Waals surface area (Å²) in [5, 5.41) is 0. The molecule has 3 N–H and O–H groups in total. The molecule has 4 nitrogen and oxygen atoms in total. The van der Waals surface area contributed by atoms with Gasteiger partial charge >= 0.3 is 0 Å². The Kier molecular flexibility index (Phi) is 4.05. The van der Waals surface area contributed by atoms with Crippen LogP contribution in [0.1, 0.15) is 5.69 Å². The first-order chi connectivity index (χ1) is 6.75. The third kappa shape index (κ3) is 2.91. The maximum absolute atomic E-state index is 4.53. The molecule has 1 fully saturated rings. The lowest BCUT2D eigenvalue weighted by molar-refractivity contribution is 0.312. The molecule has 0 unspecified atom stereocenters. The van der Waals surface area contributed by atoms with Crippen LogP contribution in [0.4, 0.5) is 5.82 Å². The Balaban J connectivity index is 0.00000112. The van der Waals surface area contributed by atoms with Crippen LogP contribution < -0.4 is 11.1 Å². The van der Waals surface area contributed by atoms with Crippen LogP contribution in [0.5, 0.6) is 0 Å². The number of nitrogens with zero attached hydrogens (tertiary/aromatic N) is 3. The molecule has 2 rings (SSSR count). The summed E-state index contributed by atoms with van der Waals surface area (Å²) >= 11 is 0. The molecular weight excluding hydrogens is 188 g/mol. The molecule has 0 radical (unpaired) electrons. The van der Waals surface area contributed by atoms with Gasteiger partial charge in [-0.25, -0.2) is 4.98 Å². The number of hydrogen-bond acceptors (Lipinski definition) is 4. The molecule has 84 valence electrons. The van der Waals surface area contributed by atoms with Crippen LogP contribution in [0.2, 0.25) is 0 Å². The SMILES string of the molecule is Cc1cccc(N2CCN(C)CC2)n1.N. The van der Waals surface area contributed by atoms with Crippen molar-refractivity contribution < 1.29 is 0 Å². The third-order valence-corrected chi connectivity index (χ3v) is 2.70. The number of anilines is 1. The predicted molar refractivity (Wildman–Crippen MR) is 63.7 cm³/mol. The zero-order valence-corrected chi connectivity index (χ0v) is 9.61. The smallest absolute Gasteiger partial charge is 0.128 e. The number of likely N-dealkylation sites (N-methyl/N-ethyl adjacent to an activating group) is 1. The van der Waals surface area contributed by atoms with Crippen molar-refractivity contribution in [1.82, 2.24) is 16.0 Å². The molecule has 1 aliphatic rings. The summed E-state index contributed by atoms with van der Waals surface area (Å²) in [4.78, 5) is 9.24. The molecule has 1 aliphatic heterocycles. The topological polar surface area (TPSA) is 54.4 Å². The lowest BCUT2D eigenvalue weighted by atomic mass is 10.3. The fourth-order valence-corrected chi connectivity index (χ4v) is 1.74. The summed E-state index contributed by atoms with van der Waals surface area (Å²) < 4.78 is 0. The molecule has 2 heterocycles. The van der Waals surface area contributed by atoms with Crippen LogP contribution in [0.3, 0.4) is 0 Å². The molecule has 0 atom stereocenters. The quantitative estimate of drug-likeness (QED) is 0.756. The van der Waals surface area contributed by atoms with Crippen molar-refractivity contribution in [3.63, 3.8) is 0 Å². The molecule has 0 aromatic carbocycles. The van der Waals surface area contributed by atoms with Crippen LogP contribution >= 0.6 is 0 Å². The summed E-state index contributed by atoms with van der Waals surface area (Å²) in [6.07, 6.45) is 0. The molecule has 1 saturated heterocycles. The molecule has 4 heteroatoms. The highest BCUT2D eigenvalue weighted by molar-refractivity contribution is 5.39. The molecule has 0 saturated carbocycles. The Morgan fingerprint density at radius 3 is 2.40 bits per heavy atom. The van der Waals surface area contributed by atoms with Gasteiger partial charge in [0.25, 0.3) is 0 Å². The zero-order valence-electron chi connectivity index (χ0n) is 9.61. The third-order valence-electron chi connectivity index (χ3n) is 2.70. The lowest BCUT2D eigenvalue weighted by Crippen LogP contribution is -2.44. The number of aryl methyl sites for hydroxylation is 1. The van der Waals surface area contributed by atoms with Crippen LogP contribution in [-0.2, 0) is 0 Å². The lowest BCUT2D eigenvalue weighted by Gasteiger charge is -2.33. The van der Waals surface area contributed by atoms with Gasteiger partial charge in [0, 0.05) is 31.9 Å². The Morgan fingerprint density at radius 1 is 1.13 bits per heavy atom. The Labute approximate surface area is 91.5 Å². The molecule has 0 spiro atoms. The van der Waals surface area contributed by atoms with Crippen LogP contribution in [0.25, 0.3) is 0 Å². The molecule has 15 heavy (non-hydrogen) atoms. The van der Waals surface area contributed by atoms with Gasteiger partial charge in [-0.3, -0.25) is 0 Å². The minimum absolute atomic E-state index is 0. The fourth-order valence-electron chi connectivity index (χ4n) is 1.74. The van der Waals surface area contributed by atoms with Crippen molar-refractivity contribution >= 4 is 5.82 Å². The summed E-state index contributed by atoms with van der Waals surface area (Å²) in [6, 6.07) is 6.22. The van der Waals surface area contributed by atoms with Crippen LogP contribution in [-0.4, -0.2) is 43.1 Å². The van der Waals surface area contributed by atoms with Gasteiger partial charge < -0.3 is 16.0 Å². The van der Waals surface area contributed by atoms with Gasteiger partial charge in [-0.2, -0.15) is 0 Å². The Bertz CT molecular complexity index is 305. The van der Waals surface area contributed by atoms with Gasteiger partial charge in [0.05, 0.1) is 0 Å². The highest BCUT2D eigenvalue weighted by atomic mass is 15.3. The first-order valence-electron chi connectivity index (χ1n) is 5.13. The normalized spacial score (nSPS) is 17.3. The van der Waals surface area contributed by atoms with E-state index in [1.807, 2.05) is 13.0 Å². The molecule has 0 amide bonds. The van der Waals surface area contributed by atoms with Gasteiger partial charge in [0.2, 0.25) is 0 Å². The molecule has 1 aromatic rings. The largest absolute Gasteiger partial charge is 0.354 e. The van der Waals surface area contributed by atoms with Crippen molar-refractivity contribution in [2.45, 2.75) is 6.92 Å². The number of piperazine rings is 1. The van der Waals surface area contributed by atoms with Crippen LogP contribution in [0.15, 0.2) is 18.2 Å². The summed E-state index contributed by atoms with van der Waals surface area (Å²) in [6.45, 7) is 6.49. The number of hydrogen-bond donors (Lipinski definition) is 1. The Hall–Kier alpha value is -1.13. The van der Waals surface area contributed by atoms with Gasteiger partial charge in [-0.05, 0) is 26.1 Å². The highest BCUT2D eigenvalue weighted by Crippen LogP contribution is 2.12. The van der Waals surface area contributed by atoms with E-state index in [9.17, 15) is 0 Å². The average Bonchev–Trinajstić information content (AvgIpc) is 2.19. The van der Waals surface area contributed by atoms with E-state index in [-0.39, 0.29) is 6.15 Å². The molecule has 1 aromatic heterocycles. The van der Waals surface area contributed by atoms with E-state index in [0.29, 0.717) is 0 Å². The number of pyridine rings is 1. The highest BCUT2D eigenvalue weighted by Gasteiger charge is 2.14. The Morgan fingerprint density at radius 2 is 1.80 bits per heavy atom. The van der Waals surface area contributed by atoms with E-state index in [1.54, 1.807) is 0 Å². The summed E-state index contributed by atoms with van der Waals surface area (Å²) in [5.74, 6) is 1.12. The summed E-state index contributed by atoms with van der Waals surface area (Å²) in [5.41, 5.74) is 1.10. The minimum atomic E-state index is 0. The molecule has 0 bridgehead atoms. The standard InChI is InChI=1S/C11H17N3.H3N/c1-10-4-3-5-11(12-10)14-8-6-13(2)7-9-14;/h3-5H,6-9H2,1-2H3;1H3. The molecule has 0 aliphatic carbocycles. The number of aromatic nitrogens is 1. The van der Waals surface area contributed by atoms with Gasteiger partial charge in [-0.1, -0.05) is 6.07 Å². The zero-order chi connectivity index (χ0) is 9.97. The first-order valence-corrected chi connectivity index (χ1v) is 5.13. The number of rotatable bonds is 1. The maximum Gasteiger partial charge on any atom is 0.128 e. The van der Waals surface area contributed by atoms with E-state index < -0.39 is 0 Å². The van der Waals surface area contributed by atoms with Crippen molar-refractivity contribution in [1.29, 1.82) is 0 Å². The maximum atomic E-state index is 4.53. The van der Waals surface area contributed by atoms with Gasteiger partial charge in [-0.15, -0.1) is 0 Å². The summed E-state index contributed by atoms with van der Waals surface area (Å²) in [7, 11) is 2.17.